The number of carbonyl (C=O) groups excluding carboxylic acids is 1. The van der Waals surface area contributed by atoms with E-state index in [2.05, 4.69) is 26.2 Å². The lowest BCUT2D eigenvalue weighted by molar-refractivity contribution is -0.124. The minimum absolute atomic E-state index is 0.198. The molecule has 0 saturated carbocycles. The number of amides is 1. The summed E-state index contributed by atoms with van der Waals surface area (Å²) in [5.41, 5.74) is 5.21. The number of nitrogens with zero attached hydrogens (tertiary/aromatic N) is 1. The molecule has 2 rings (SSSR count). The third kappa shape index (κ3) is 3.02. The highest BCUT2D eigenvalue weighted by Crippen LogP contribution is 2.20. The number of nitrogens with two attached hydrogens (primary N) is 1. The van der Waals surface area contributed by atoms with E-state index in [1.807, 2.05) is 6.07 Å². The number of ether oxygens (including phenoxy) is 1. The lowest BCUT2D eigenvalue weighted by atomic mass is 9.90. The highest BCUT2D eigenvalue weighted by Gasteiger charge is 2.36. The monoisotopic (exact) mass is 299 g/mol. The van der Waals surface area contributed by atoms with E-state index in [0.29, 0.717) is 31.9 Å². The van der Waals surface area contributed by atoms with Crippen LogP contribution in [0.5, 0.6) is 0 Å². The van der Waals surface area contributed by atoms with Crippen molar-refractivity contribution in [2.75, 3.05) is 18.5 Å². The molecule has 0 bridgehead atoms. The van der Waals surface area contributed by atoms with Gasteiger partial charge in [0.1, 0.15) is 11.4 Å². The number of hydrogen-bond acceptors (Lipinski definition) is 4. The van der Waals surface area contributed by atoms with E-state index in [1.54, 1.807) is 12.3 Å². The van der Waals surface area contributed by atoms with E-state index < -0.39 is 5.54 Å². The van der Waals surface area contributed by atoms with Crippen LogP contribution in [0, 0.1) is 0 Å². The zero-order valence-corrected chi connectivity index (χ0v) is 10.9. The van der Waals surface area contributed by atoms with Gasteiger partial charge >= 0.3 is 0 Å². The average Bonchev–Trinajstić information content (AvgIpc) is 2.33. The Bertz CT molecular complexity index is 402. The van der Waals surface area contributed by atoms with Crippen LogP contribution in [-0.2, 0) is 9.53 Å². The Morgan fingerprint density at radius 1 is 1.47 bits per heavy atom. The van der Waals surface area contributed by atoms with Crippen LogP contribution in [-0.4, -0.2) is 29.6 Å². The molecule has 2 heterocycles. The molecule has 17 heavy (non-hydrogen) atoms. The first-order chi connectivity index (χ1) is 8.10. The molecule has 6 heteroatoms. The smallest absolute Gasteiger partial charge is 0.245 e. The van der Waals surface area contributed by atoms with Crippen LogP contribution >= 0.6 is 15.9 Å². The summed E-state index contributed by atoms with van der Waals surface area (Å²) in [6, 6.07) is 3.54. The minimum Gasteiger partial charge on any atom is -0.381 e. The van der Waals surface area contributed by atoms with Crippen LogP contribution in [0.15, 0.2) is 22.8 Å². The molecule has 0 atom stereocenters. The molecule has 1 aliphatic heterocycles. The van der Waals surface area contributed by atoms with Crippen LogP contribution in [0.3, 0.4) is 0 Å². The minimum atomic E-state index is -0.840. The highest BCUT2D eigenvalue weighted by atomic mass is 79.9. The van der Waals surface area contributed by atoms with Crippen LogP contribution in [0.25, 0.3) is 0 Å². The SMILES string of the molecule is NC1(C(=O)Nc2ccc(Br)cn2)CCOCC1. The van der Waals surface area contributed by atoms with E-state index in [-0.39, 0.29) is 5.91 Å². The van der Waals surface area contributed by atoms with Gasteiger partial charge in [0.05, 0.1) is 0 Å². The Hall–Kier alpha value is -0.980. The van der Waals surface area contributed by atoms with Gasteiger partial charge in [0, 0.05) is 23.9 Å². The summed E-state index contributed by atoms with van der Waals surface area (Å²) in [7, 11) is 0. The van der Waals surface area contributed by atoms with Crippen LogP contribution in [0.4, 0.5) is 5.82 Å². The van der Waals surface area contributed by atoms with Crippen LogP contribution < -0.4 is 11.1 Å². The number of pyridine rings is 1. The third-order valence-electron chi connectivity index (χ3n) is 2.81. The first kappa shape index (κ1) is 12.5. The van der Waals surface area contributed by atoms with E-state index in [0.717, 1.165) is 4.47 Å². The number of aromatic nitrogens is 1. The van der Waals surface area contributed by atoms with Gasteiger partial charge in [0.25, 0.3) is 0 Å². The fraction of sp³-hybridized carbons (Fsp3) is 0.455. The van der Waals surface area contributed by atoms with Crippen molar-refractivity contribution in [1.82, 2.24) is 4.98 Å². The molecule has 0 aromatic carbocycles. The molecule has 0 unspecified atom stereocenters. The molecule has 0 spiro atoms. The number of carbonyl (C=O) groups is 1. The van der Waals surface area contributed by atoms with Crippen molar-refractivity contribution in [3.8, 4) is 0 Å². The van der Waals surface area contributed by atoms with Crippen molar-refractivity contribution in [2.45, 2.75) is 18.4 Å². The first-order valence-corrected chi connectivity index (χ1v) is 6.19. The number of nitrogens with one attached hydrogen (secondary N) is 1. The van der Waals surface area contributed by atoms with Crippen molar-refractivity contribution >= 4 is 27.7 Å². The molecule has 1 fully saturated rings. The molecule has 5 nitrogen and oxygen atoms in total. The Labute approximate surface area is 108 Å². The third-order valence-corrected chi connectivity index (χ3v) is 3.28. The van der Waals surface area contributed by atoms with E-state index in [4.69, 9.17) is 10.5 Å². The van der Waals surface area contributed by atoms with Crippen molar-refractivity contribution < 1.29 is 9.53 Å². The highest BCUT2D eigenvalue weighted by molar-refractivity contribution is 9.10. The molecular weight excluding hydrogens is 286 g/mol. The van der Waals surface area contributed by atoms with Crippen molar-refractivity contribution in [3.63, 3.8) is 0 Å². The first-order valence-electron chi connectivity index (χ1n) is 5.40. The zero-order chi connectivity index (χ0) is 12.3. The summed E-state index contributed by atoms with van der Waals surface area (Å²) < 4.78 is 6.06. The Kier molecular flexibility index (Phi) is 3.76. The Balaban J connectivity index is 2.03. The topological polar surface area (TPSA) is 77.2 Å². The summed E-state index contributed by atoms with van der Waals surface area (Å²) in [4.78, 5) is 16.1. The molecule has 3 N–H and O–H groups in total. The van der Waals surface area contributed by atoms with Gasteiger partial charge in [-0.25, -0.2) is 4.98 Å². The molecule has 92 valence electrons. The maximum absolute atomic E-state index is 12.0. The van der Waals surface area contributed by atoms with Crippen LogP contribution in [0.1, 0.15) is 12.8 Å². The fourth-order valence-electron chi connectivity index (χ4n) is 1.65. The standard InChI is InChI=1S/C11H14BrN3O2/c12-8-1-2-9(14-7-8)15-10(16)11(13)3-5-17-6-4-11/h1-2,7H,3-6,13H2,(H,14,15,16). The van der Waals surface area contributed by atoms with Gasteiger partial charge in [-0.2, -0.15) is 0 Å². The molecule has 1 amide bonds. The Morgan fingerprint density at radius 3 is 2.76 bits per heavy atom. The van der Waals surface area contributed by atoms with Gasteiger partial charge in [0.15, 0.2) is 0 Å². The molecular formula is C11H14BrN3O2. The maximum atomic E-state index is 12.0. The van der Waals surface area contributed by atoms with E-state index in [1.165, 1.54) is 0 Å². The van der Waals surface area contributed by atoms with Gasteiger partial charge in [0.2, 0.25) is 5.91 Å². The summed E-state index contributed by atoms with van der Waals surface area (Å²) in [5.74, 6) is 0.310. The molecule has 1 aromatic heterocycles. The summed E-state index contributed by atoms with van der Waals surface area (Å²) in [5, 5.41) is 2.73. The van der Waals surface area contributed by atoms with Gasteiger partial charge in [-0.1, -0.05) is 0 Å². The average molecular weight is 300 g/mol. The number of rotatable bonds is 2. The second kappa shape index (κ2) is 5.12. The second-order valence-electron chi connectivity index (χ2n) is 4.08. The molecule has 1 aliphatic rings. The summed E-state index contributed by atoms with van der Waals surface area (Å²) >= 11 is 3.28. The van der Waals surface area contributed by atoms with Gasteiger partial charge in [-0.15, -0.1) is 0 Å². The largest absolute Gasteiger partial charge is 0.381 e. The van der Waals surface area contributed by atoms with E-state index >= 15 is 0 Å². The van der Waals surface area contributed by atoms with Crippen molar-refractivity contribution in [2.24, 2.45) is 5.73 Å². The summed E-state index contributed by atoms with van der Waals surface area (Å²) in [6.07, 6.45) is 2.70. The van der Waals surface area contributed by atoms with E-state index in [9.17, 15) is 4.79 Å². The van der Waals surface area contributed by atoms with Crippen LogP contribution in [0.2, 0.25) is 0 Å². The van der Waals surface area contributed by atoms with Crippen molar-refractivity contribution in [1.29, 1.82) is 0 Å². The molecule has 1 aromatic rings. The molecule has 0 radical (unpaired) electrons. The second-order valence-corrected chi connectivity index (χ2v) is 5.00. The predicted octanol–water partition coefficient (Wildman–Crippen LogP) is 1.29. The zero-order valence-electron chi connectivity index (χ0n) is 9.28. The van der Waals surface area contributed by atoms with Gasteiger partial charge < -0.3 is 15.8 Å². The number of hydrogen-bond donors (Lipinski definition) is 2. The molecule has 0 aliphatic carbocycles. The predicted molar refractivity (Wildman–Crippen MR) is 67.5 cm³/mol. The number of anilines is 1. The lowest BCUT2D eigenvalue weighted by Gasteiger charge is -2.31. The molecule has 1 saturated heterocycles. The van der Waals surface area contributed by atoms with Gasteiger partial charge in [-0.05, 0) is 40.9 Å². The van der Waals surface area contributed by atoms with Crippen molar-refractivity contribution in [3.05, 3.63) is 22.8 Å². The Morgan fingerprint density at radius 2 is 2.18 bits per heavy atom. The fourth-order valence-corrected chi connectivity index (χ4v) is 1.89. The number of halogens is 1. The summed E-state index contributed by atoms with van der Waals surface area (Å²) in [6.45, 7) is 1.05. The maximum Gasteiger partial charge on any atom is 0.245 e. The quantitative estimate of drug-likeness (QED) is 0.863. The lowest BCUT2D eigenvalue weighted by Crippen LogP contribution is -2.54. The normalized spacial score (nSPS) is 18.7. The van der Waals surface area contributed by atoms with Gasteiger partial charge in [-0.3, -0.25) is 4.79 Å².